The summed E-state index contributed by atoms with van der Waals surface area (Å²) in [4.78, 5) is 22.8. The van der Waals surface area contributed by atoms with E-state index < -0.39 is 0 Å². The van der Waals surface area contributed by atoms with Crippen molar-refractivity contribution in [3.8, 4) is 5.75 Å². The number of carbonyl (C=O) groups excluding carboxylic acids is 1. The molecule has 3 aromatic rings. The molecule has 1 saturated heterocycles. The van der Waals surface area contributed by atoms with Gasteiger partial charge < -0.3 is 9.64 Å². The van der Waals surface area contributed by atoms with Gasteiger partial charge in [-0.05, 0) is 65.6 Å². The number of carbonyl (C=O) groups is 1. The summed E-state index contributed by atoms with van der Waals surface area (Å²) in [7, 11) is 0. The molecule has 5 heteroatoms. The maximum Gasteiger partial charge on any atom is 0.137 e. The molecule has 2 aliphatic rings. The van der Waals surface area contributed by atoms with Crippen molar-refractivity contribution >= 4 is 11.5 Å². The van der Waals surface area contributed by atoms with Crippen molar-refractivity contribution in [2.24, 2.45) is 5.92 Å². The number of hydrogen-bond acceptors (Lipinski definition) is 5. The van der Waals surface area contributed by atoms with Crippen molar-refractivity contribution in [3.05, 3.63) is 83.9 Å². The van der Waals surface area contributed by atoms with Gasteiger partial charge in [0.1, 0.15) is 17.9 Å². The first-order valence-corrected chi connectivity index (χ1v) is 12.0. The van der Waals surface area contributed by atoms with Gasteiger partial charge >= 0.3 is 0 Å². The van der Waals surface area contributed by atoms with E-state index in [1.165, 1.54) is 36.0 Å². The van der Waals surface area contributed by atoms with E-state index in [0.717, 1.165) is 36.9 Å². The first-order valence-electron chi connectivity index (χ1n) is 12.0. The lowest BCUT2D eigenvalue weighted by molar-refractivity contribution is -0.118. The summed E-state index contributed by atoms with van der Waals surface area (Å²) in [6.07, 6.45) is 8.47. The number of rotatable bonds is 10. The molecule has 0 unspecified atom stereocenters. The van der Waals surface area contributed by atoms with E-state index in [0.29, 0.717) is 18.8 Å². The van der Waals surface area contributed by atoms with Crippen molar-refractivity contribution in [2.75, 3.05) is 24.6 Å². The highest BCUT2D eigenvalue weighted by atomic mass is 16.5. The molecule has 1 aliphatic carbocycles. The van der Waals surface area contributed by atoms with Crippen LogP contribution in [-0.2, 0) is 11.2 Å². The van der Waals surface area contributed by atoms with Gasteiger partial charge in [0.15, 0.2) is 0 Å². The summed E-state index contributed by atoms with van der Waals surface area (Å²) in [6.45, 7) is 5.05. The molecule has 5 nitrogen and oxygen atoms in total. The Morgan fingerprint density at radius 3 is 2.39 bits per heavy atom. The minimum absolute atomic E-state index is 0.203. The number of aromatic nitrogens is 2. The van der Waals surface area contributed by atoms with Crippen LogP contribution >= 0.6 is 0 Å². The highest BCUT2D eigenvalue weighted by Gasteiger charge is 2.28. The van der Waals surface area contributed by atoms with Crippen LogP contribution in [0.25, 0.3) is 0 Å². The van der Waals surface area contributed by atoms with Crippen LogP contribution < -0.4 is 9.64 Å². The topological polar surface area (TPSA) is 55.3 Å². The predicted octanol–water partition coefficient (Wildman–Crippen LogP) is 5.17. The lowest BCUT2D eigenvalue weighted by atomic mass is 9.88. The quantitative estimate of drug-likeness (QED) is 0.434. The maximum absolute atomic E-state index is 12.4. The van der Waals surface area contributed by atoms with Crippen LogP contribution in [0.1, 0.15) is 54.7 Å². The Labute approximate surface area is 195 Å². The van der Waals surface area contributed by atoms with Crippen molar-refractivity contribution in [1.82, 2.24) is 9.97 Å². The number of ether oxygens (including phenoxy) is 1. The number of anilines is 1. The fraction of sp³-hybridized carbons (Fsp3) is 0.393. The zero-order valence-electron chi connectivity index (χ0n) is 19.2. The van der Waals surface area contributed by atoms with E-state index in [1.807, 2.05) is 0 Å². The largest absolute Gasteiger partial charge is 0.493 e. The van der Waals surface area contributed by atoms with E-state index in [1.54, 1.807) is 12.4 Å². The molecule has 5 rings (SSSR count). The van der Waals surface area contributed by atoms with Gasteiger partial charge in [0.2, 0.25) is 0 Å². The summed E-state index contributed by atoms with van der Waals surface area (Å²) in [5, 5.41) is 0. The molecule has 2 aromatic carbocycles. The Kier molecular flexibility index (Phi) is 6.38. The molecule has 1 saturated carbocycles. The predicted molar refractivity (Wildman–Crippen MR) is 130 cm³/mol. The molecule has 1 aromatic heterocycles. The van der Waals surface area contributed by atoms with E-state index in [9.17, 15) is 4.79 Å². The number of ketones is 1. The summed E-state index contributed by atoms with van der Waals surface area (Å²) >= 11 is 0. The highest BCUT2D eigenvalue weighted by Crippen LogP contribution is 2.34. The monoisotopic (exact) mass is 441 g/mol. The molecule has 0 radical (unpaired) electrons. The van der Waals surface area contributed by atoms with Crippen LogP contribution in [0.2, 0.25) is 0 Å². The van der Waals surface area contributed by atoms with E-state index in [4.69, 9.17) is 4.74 Å². The SMILES string of the molecule is C[C@H](CC(=O)Cc1cncnc1)c1ccc(C2CN(c3ccc(OCC4CC4)cc3)C2)cc1. The van der Waals surface area contributed by atoms with Gasteiger partial charge in [-0.15, -0.1) is 0 Å². The van der Waals surface area contributed by atoms with Gasteiger partial charge in [-0.2, -0.15) is 0 Å². The second kappa shape index (κ2) is 9.74. The Balaban J connectivity index is 1.09. The minimum Gasteiger partial charge on any atom is -0.493 e. The number of benzene rings is 2. The average molecular weight is 442 g/mol. The molecular weight excluding hydrogens is 410 g/mol. The van der Waals surface area contributed by atoms with Gasteiger partial charge in [-0.25, -0.2) is 9.97 Å². The molecule has 0 N–H and O–H groups in total. The van der Waals surface area contributed by atoms with Crippen LogP contribution in [0, 0.1) is 5.92 Å². The van der Waals surface area contributed by atoms with Crippen LogP contribution in [0.3, 0.4) is 0 Å². The zero-order chi connectivity index (χ0) is 22.6. The van der Waals surface area contributed by atoms with Crippen LogP contribution in [0.5, 0.6) is 5.75 Å². The molecule has 2 fully saturated rings. The molecule has 2 heterocycles. The summed E-state index contributed by atoms with van der Waals surface area (Å²) < 4.78 is 5.85. The molecule has 0 bridgehead atoms. The Morgan fingerprint density at radius 1 is 1.03 bits per heavy atom. The van der Waals surface area contributed by atoms with E-state index in [-0.39, 0.29) is 11.7 Å². The second-order valence-electron chi connectivity index (χ2n) is 9.58. The van der Waals surface area contributed by atoms with Crippen molar-refractivity contribution in [3.63, 3.8) is 0 Å². The lowest BCUT2D eigenvalue weighted by Gasteiger charge is -2.41. The smallest absolute Gasteiger partial charge is 0.137 e. The first-order chi connectivity index (χ1) is 16.1. The Hall–Kier alpha value is -3.21. The standard InChI is InChI=1S/C28H31N3O2/c1-20(12-27(32)13-22-14-29-19-30-15-22)23-4-6-24(7-5-23)25-16-31(17-25)26-8-10-28(11-9-26)33-18-21-2-3-21/h4-11,14-15,19-21,25H,2-3,12-13,16-18H2,1H3/t20-/m1/s1. The second-order valence-corrected chi connectivity index (χ2v) is 9.58. The van der Waals surface area contributed by atoms with Crippen molar-refractivity contribution in [1.29, 1.82) is 0 Å². The lowest BCUT2D eigenvalue weighted by Crippen LogP contribution is -2.45. The maximum atomic E-state index is 12.4. The number of Topliss-reactive ketones (excluding diaryl/α,β-unsaturated/α-hetero) is 1. The summed E-state index contributed by atoms with van der Waals surface area (Å²) in [5.74, 6) is 2.73. The van der Waals surface area contributed by atoms with E-state index >= 15 is 0 Å². The first kappa shape index (κ1) is 21.6. The van der Waals surface area contributed by atoms with Crippen molar-refractivity contribution < 1.29 is 9.53 Å². The number of nitrogens with zero attached hydrogens (tertiary/aromatic N) is 3. The van der Waals surface area contributed by atoms with Crippen LogP contribution in [-0.4, -0.2) is 35.4 Å². The van der Waals surface area contributed by atoms with Gasteiger partial charge in [-0.1, -0.05) is 31.2 Å². The molecular formula is C28H31N3O2. The van der Waals surface area contributed by atoms with Crippen LogP contribution in [0.15, 0.2) is 67.3 Å². The Morgan fingerprint density at radius 2 is 1.73 bits per heavy atom. The Bertz CT molecular complexity index is 1060. The highest BCUT2D eigenvalue weighted by molar-refractivity contribution is 5.81. The van der Waals surface area contributed by atoms with Gasteiger partial charge in [0.25, 0.3) is 0 Å². The van der Waals surface area contributed by atoms with Crippen molar-refractivity contribution in [2.45, 2.75) is 44.4 Å². The third-order valence-electron chi connectivity index (χ3n) is 6.79. The van der Waals surface area contributed by atoms with E-state index in [2.05, 4.69) is 70.3 Å². The van der Waals surface area contributed by atoms with Gasteiger partial charge in [0, 0.05) is 49.9 Å². The fourth-order valence-corrected chi connectivity index (χ4v) is 4.43. The van der Waals surface area contributed by atoms with Gasteiger partial charge in [0.05, 0.1) is 6.61 Å². The molecule has 33 heavy (non-hydrogen) atoms. The number of hydrogen-bond donors (Lipinski definition) is 0. The molecule has 0 amide bonds. The zero-order valence-corrected chi connectivity index (χ0v) is 19.2. The van der Waals surface area contributed by atoms with Crippen LogP contribution in [0.4, 0.5) is 5.69 Å². The third-order valence-corrected chi connectivity index (χ3v) is 6.79. The molecule has 1 aliphatic heterocycles. The third kappa shape index (κ3) is 5.59. The van der Waals surface area contributed by atoms with Gasteiger partial charge in [-0.3, -0.25) is 4.79 Å². The normalized spacial score (nSPS) is 16.8. The fourth-order valence-electron chi connectivity index (χ4n) is 4.43. The summed E-state index contributed by atoms with van der Waals surface area (Å²) in [6, 6.07) is 17.4. The average Bonchev–Trinajstić information content (AvgIpc) is 3.63. The molecule has 1 atom stereocenters. The minimum atomic E-state index is 0.203. The molecule has 0 spiro atoms. The summed E-state index contributed by atoms with van der Waals surface area (Å²) in [5.41, 5.74) is 4.73. The molecule has 170 valence electrons.